The molecule has 4 fully saturated rings. The molecular weight excluding hydrogens is 418 g/mol. The van der Waals surface area contributed by atoms with Gasteiger partial charge in [0.2, 0.25) is 5.91 Å². The van der Waals surface area contributed by atoms with Gasteiger partial charge in [0.05, 0.1) is 5.52 Å². The third-order valence-corrected chi connectivity index (χ3v) is 8.67. The summed E-state index contributed by atoms with van der Waals surface area (Å²) in [5.74, 6) is 2.70. The summed E-state index contributed by atoms with van der Waals surface area (Å²) in [5, 5.41) is 9.87. The molecule has 4 nitrogen and oxygen atoms in total. The summed E-state index contributed by atoms with van der Waals surface area (Å²) < 4.78 is 1.83. The lowest BCUT2D eigenvalue weighted by Crippen LogP contribution is -2.56. The summed E-state index contributed by atoms with van der Waals surface area (Å²) in [7, 11) is 0. The number of fused-ring (bicyclic) bond motifs is 1. The van der Waals surface area contributed by atoms with E-state index in [1.165, 1.54) is 38.5 Å². The summed E-state index contributed by atoms with van der Waals surface area (Å²) in [4.78, 5) is 13.2. The topological polar surface area (TPSA) is 46.9 Å². The highest BCUT2D eigenvalue weighted by Crippen LogP contribution is 2.61. The summed E-state index contributed by atoms with van der Waals surface area (Å²) in [6, 6.07) is 16.1. The quantitative estimate of drug-likeness (QED) is 0.515. The molecule has 7 rings (SSSR count). The van der Waals surface area contributed by atoms with Crippen molar-refractivity contribution in [2.45, 2.75) is 58.0 Å². The number of aromatic nitrogens is 2. The van der Waals surface area contributed by atoms with E-state index in [9.17, 15) is 4.79 Å². The van der Waals surface area contributed by atoms with Crippen LogP contribution in [0.2, 0.25) is 5.02 Å². The lowest BCUT2D eigenvalue weighted by Gasteiger charge is -2.59. The number of halogens is 1. The molecular formula is C27H30ClN3O. The van der Waals surface area contributed by atoms with E-state index < -0.39 is 0 Å². The van der Waals surface area contributed by atoms with Crippen molar-refractivity contribution < 1.29 is 4.79 Å². The van der Waals surface area contributed by atoms with E-state index >= 15 is 0 Å². The first kappa shape index (κ1) is 20.3. The molecule has 3 aromatic rings. The van der Waals surface area contributed by atoms with E-state index in [1.54, 1.807) is 0 Å². The number of benzene rings is 2. The Labute approximate surface area is 194 Å². The molecule has 0 saturated heterocycles. The maximum Gasteiger partial charge on any atom is 0.241 e. The zero-order chi connectivity index (χ0) is 21.9. The van der Waals surface area contributed by atoms with E-state index in [2.05, 4.69) is 12.2 Å². The lowest BCUT2D eigenvalue weighted by atomic mass is 9.48. The molecule has 1 atom stereocenters. The molecule has 4 bridgehead atoms. The third kappa shape index (κ3) is 3.44. The second-order valence-corrected chi connectivity index (χ2v) is 11.0. The third-order valence-electron chi connectivity index (χ3n) is 8.43. The zero-order valence-corrected chi connectivity index (χ0v) is 19.3. The predicted octanol–water partition coefficient (Wildman–Crippen LogP) is 6.08. The minimum absolute atomic E-state index is 0.0483. The van der Waals surface area contributed by atoms with Gasteiger partial charge in [-0.05, 0) is 86.8 Å². The monoisotopic (exact) mass is 447 g/mol. The van der Waals surface area contributed by atoms with E-state index in [0.29, 0.717) is 10.4 Å². The van der Waals surface area contributed by atoms with E-state index in [4.69, 9.17) is 16.7 Å². The number of amides is 1. The van der Waals surface area contributed by atoms with Crippen molar-refractivity contribution in [1.29, 1.82) is 0 Å². The van der Waals surface area contributed by atoms with Crippen LogP contribution >= 0.6 is 11.6 Å². The number of hydrogen-bond acceptors (Lipinski definition) is 2. The standard InChI is InChI=1S/C27H30ClN3O/c1-17(27-13-18-9-19(14-27)11-20(10-18)15-27)29-25(32)16-31-24-8-7-22(28)12-23(24)26(30-31)21-5-3-2-4-6-21/h2-8,12,17-20H,9-11,13-16H2,1H3,(H,29,32). The van der Waals surface area contributed by atoms with Crippen molar-refractivity contribution in [2.75, 3.05) is 0 Å². The fraction of sp³-hybridized carbons (Fsp3) is 0.481. The Hall–Kier alpha value is -2.33. The minimum Gasteiger partial charge on any atom is -0.351 e. The molecule has 1 aromatic heterocycles. The molecule has 0 aliphatic heterocycles. The highest BCUT2D eigenvalue weighted by Gasteiger charge is 2.53. The summed E-state index contributed by atoms with van der Waals surface area (Å²) in [6.45, 7) is 2.46. The van der Waals surface area contributed by atoms with Crippen molar-refractivity contribution in [3.05, 3.63) is 53.6 Å². The van der Waals surface area contributed by atoms with E-state index in [1.807, 2.05) is 53.2 Å². The lowest BCUT2D eigenvalue weighted by molar-refractivity contribution is -0.126. The highest BCUT2D eigenvalue weighted by atomic mass is 35.5. The van der Waals surface area contributed by atoms with Crippen molar-refractivity contribution in [3.63, 3.8) is 0 Å². The molecule has 2 aromatic carbocycles. The van der Waals surface area contributed by atoms with Gasteiger partial charge in [-0.3, -0.25) is 9.48 Å². The van der Waals surface area contributed by atoms with Crippen LogP contribution in [0.4, 0.5) is 0 Å². The fourth-order valence-corrected chi connectivity index (χ4v) is 7.54. The number of nitrogens with one attached hydrogen (secondary N) is 1. The molecule has 4 aliphatic carbocycles. The average Bonchev–Trinajstić information content (AvgIpc) is 3.10. The van der Waals surface area contributed by atoms with Crippen LogP contribution in [-0.2, 0) is 11.3 Å². The fourth-order valence-electron chi connectivity index (χ4n) is 7.37. The summed E-state index contributed by atoms with van der Waals surface area (Å²) >= 11 is 6.30. The Morgan fingerprint density at radius 2 is 1.75 bits per heavy atom. The van der Waals surface area contributed by atoms with Gasteiger partial charge in [0.25, 0.3) is 0 Å². The number of rotatable bonds is 5. The number of carbonyl (C=O) groups excluding carboxylic acids is 1. The average molecular weight is 448 g/mol. The molecule has 1 heterocycles. The first-order chi connectivity index (χ1) is 15.5. The predicted molar refractivity (Wildman–Crippen MR) is 128 cm³/mol. The van der Waals surface area contributed by atoms with Crippen LogP contribution in [0.15, 0.2) is 48.5 Å². The molecule has 1 unspecified atom stereocenters. The molecule has 166 valence electrons. The van der Waals surface area contributed by atoms with Crippen LogP contribution in [-0.4, -0.2) is 21.7 Å². The van der Waals surface area contributed by atoms with Crippen LogP contribution in [0.5, 0.6) is 0 Å². The molecule has 1 amide bonds. The maximum atomic E-state index is 13.2. The van der Waals surface area contributed by atoms with Gasteiger partial charge in [-0.2, -0.15) is 5.10 Å². The SMILES string of the molecule is CC(NC(=O)Cn1nc(-c2ccccc2)c2cc(Cl)ccc21)C12CC3CC(CC(C3)C1)C2. The van der Waals surface area contributed by atoms with Gasteiger partial charge in [-0.25, -0.2) is 0 Å². The summed E-state index contributed by atoms with van der Waals surface area (Å²) in [6.07, 6.45) is 8.14. The number of nitrogens with zero attached hydrogens (tertiary/aromatic N) is 2. The Morgan fingerprint density at radius 3 is 2.41 bits per heavy atom. The zero-order valence-electron chi connectivity index (χ0n) is 18.6. The Morgan fingerprint density at radius 1 is 1.09 bits per heavy atom. The van der Waals surface area contributed by atoms with Crippen molar-refractivity contribution >= 4 is 28.4 Å². The molecule has 32 heavy (non-hydrogen) atoms. The van der Waals surface area contributed by atoms with Gasteiger partial charge in [0.1, 0.15) is 12.2 Å². The van der Waals surface area contributed by atoms with E-state index in [-0.39, 0.29) is 18.5 Å². The van der Waals surface area contributed by atoms with Crippen LogP contribution in [0.3, 0.4) is 0 Å². The summed E-state index contributed by atoms with van der Waals surface area (Å²) in [5.41, 5.74) is 3.14. The van der Waals surface area contributed by atoms with Gasteiger partial charge in [0.15, 0.2) is 0 Å². The van der Waals surface area contributed by atoms with Crippen molar-refractivity contribution in [1.82, 2.24) is 15.1 Å². The largest absolute Gasteiger partial charge is 0.351 e. The molecule has 1 N–H and O–H groups in total. The van der Waals surface area contributed by atoms with Gasteiger partial charge < -0.3 is 5.32 Å². The normalized spacial score (nSPS) is 29.4. The maximum absolute atomic E-state index is 13.2. The Bertz CT molecular complexity index is 1130. The highest BCUT2D eigenvalue weighted by molar-refractivity contribution is 6.31. The van der Waals surface area contributed by atoms with Gasteiger partial charge >= 0.3 is 0 Å². The second kappa shape index (κ2) is 7.62. The van der Waals surface area contributed by atoms with Gasteiger partial charge in [-0.1, -0.05) is 41.9 Å². The smallest absolute Gasteiger partial charge is 0.241 e. The van der Waals surface area contributed by atoms with Crippen LogP contribution in [0.25, 0.3) is 22.2 Å². The van der Waals surface area contributed by atoms with Gasteiger partial charge in [-0.15, -0.1) is 0 Å². The Balaban J connectivity index is 1.25. The molecule has 0 radical (unpaired) electrons. The van der Waals surface area contributed by atoms with Gasteiger partial charge in [0, 0.05) is 22.0 Å². The van der Waals surface area contributed by atoms with Crippen molar-refractivity contribution in [3.8, 4) is 11.3 Å². The minimum atomic E-state index is 0.0483. The molecule has 4 aliphatic rings. The molecule has 4 saturated carbocycles. The van der Waals surface area contributed by atoms with Crippen LogP contribution in [0.1, 0.15) is 45.4 Å². The number of hydrogen-bond donors (Lipinski definition) is 1. The van der Waals surface area contributed by atoms with Crippen LogP contribution < -0.4 is 5.32 Å². The second-order valence-electron chi connectivity index (χ2n) is 10.6. The first-order valence-electron chi connectivity index (χ1n) is 12.0. The van der Waals surface area contributed by atoms with E-state index in [0.717, 1.165) is 39.9 Å². The first-order valence-corrected chi connectivity index (χ1v) is 12.4. The van der Waals surface area contributed by atoms with Crippen LogP contribution in [0, 0.1) is 23.2 Å². The Kier molecular flexibility index (Phi) is 4.83. The molecule has 5 heteroatoms. The molecule has 0 spiro atoms. The van der Waals surface area contributed by atoms with Crippen molar-refractivity contribution in [2.24, 2.45) is 23.2 Å². The number of carbonyl (C=O) groups is 1.